The number of hydrogen-bond acceptors (Lipinski definition) is 25. The summed E-state index contributed by atoms with van der Waals surface area (Å²) in [6.45, 7) is 1.11. The van der Waals surface area contributed by atoms with Crippen molar-refractivity contribution in [2.45, 2.75) is 216 Å². The number of primary amides is 1. The number of aliphatic carboxylic acids is 4. The van der Waals surface area contributed by atoms with E-state index in [0.29, 0.717) is 24.2 Å². The summed E-state index contributed by atoms with van der Waals surface area (Å²) in [4.78, 5) is 273. The first-order chi connectivity index (χ1) is 54.3. The van der Waals surface area contributed by atoms with Gasteiger partial charge in [0.2, 0.25) is 82.7 Å². The topological polar surface area (TPSA) is 695 Å². The number of aliphatic hydroxyl groups excluding tert-OH is 1. The maximum absolute atomic E-state index is 14.8. The van der Waals surface area contributed by atoms with Gasteiger partial charge in [-0.25, -0.2) is 4.79 Å². The third-order valence-electron chi connectivity index (χ3n) is 17.6. The first-order valence-corrected chi connectivity index (χ1v) is 36.9. The van der Waals surface area contributed by atoms with Crippen LogP contribution in [0.1, 0.15) is 153 Å². The third kappa shape index (κ3) is 35.4. The SMILES string of the molecule is CCCCCCCCCC(=O)N[C@@H](CCc1ccc(OC)cc1)C(=O)N[C@H](CC(N)=O)C(=O)N[C@@H](CC(=O)O)C(=O)N[C@@H]1C(=O)NCC(=O)N[C@@H](CCCN)C(=O)N[C@@H](CC(=O)O)C(=O)N[C@H](C)C(=O)N[C@@H](CC(=O)O)C(=O)NCC(=O)N[C@H](CO)C(=O)N[C@@H]([C@H](C)CC(=O)O)C(=O)N[C@@H](CC(=O)c2ccccc2N)C(=O)O[C@@H]1C. The molecule has 634 valence electrons. The van der Waals surface area contributed by atoms with Gasteiger partial charge in [0, 0.05) is 24.1 Å². The molecule has 1 aliphatic heterocycles. The molecule has 0 radical (unpaired) electrons. The Morgan fingerprint density at radius 3 is 1.65 bits per heavy atom. The zero-order valence-corrected chi connectivity index (χ0v) is 64.1. The molecule has 1 fully saturated rings. The lowest BCUT2D eigenvalue weighted by atomic mass is 9.96. The number of hydrogen-bond donors (Lipinski definition) is 21. The minimum Gasteiger partial charge on any atom is -0.497 e. The zero-order chi connectivity index (χ0) is 86.2. The number of carboxylic acids is 4. The molecule has 24 N–H and O–H groups in total. The number of carbonyl (C=O) groups is 20. The molecule has 43 heteroatoms. The maximum atomic E-state index is 14.8. The largest absolute Gasteiger partial charge is 0.497 e. The van der Waals surface area contributed by atoms with Gasteiger partial charge < -0.3 is 121 Å². The molecular weight excluding hydrogens is 1520 g/mol. The number of amides is 14. The predicted octanol–water partition coefficient (Wildman–Crippen LogP) is -5.70. The second-order valence-electron chi connectivity index (χ2n) is 27.1. The highest BCUT2D eigenvalue weighted by Gasteiger charge is 2.41. The summed E-state index contributed by atoms with van der Waals surface area (Å²) < 4.78 is 10.9. The summed E-state index contributed by atoms with van der Waals surface area (Å²) in [5, 5.41) is 77.9. The van der Waals surface area contributed by atoms with Crippen LogP contribution in [-0.4, -0.2) is 250 Å². The van der Waals surface area contributed by atoms with E-state index >= 15 is 0 Å². The average molecular weight is 1630 g/mol. The van der Waals surface area contributed by atoms with Crippen LogP contribution in [0, 0.1) is 5.92 Å². The van der Waals surface area contributed by atoms with Crippen LogP contribution in [0.15, 0.2) is 48.5 Å². The van der Waals surface area contributed by atoms with Crippen molar-refractivity contribution in [3.63, 3.8) is 0 Å². The van der Waals surface area contributed by atoms with E-state index in [1.807, 2.05) is 16.0 Å². The highest BCUT2D eigenvalue weighted by molar-refractivity contribution is 6.05. The molecule has 14 amide bonds. The Bertz CT molecular complexity index is 3810. The predicted molar refractivity (Wildman–Crippen MR) is 400 cm³/mol. The van der Waals surface area contributed by atoms with E-state index in [9.17, 15) is 121 Å². The average Bonchev–Trinajstić information content (AvgIpc) is 0.856. The molecule has 115 heavy (non-hydrogen) atoms. The lowest BCUT2D eigenvalue weighted by Gasteiger charge is -2.30. The van der Waals surface area contributed by atoms with E-state index < -0.39 is 261 Å². The lowest BCUT2D eigenvalue weighted by Crippen LogP contribution is -2.61. The Kier molecular flexibility index (Phi) is 41.9. The van der Waals surface area contributed by atoms with Gasteiger partial charge in [0.25, 0.3) is 0 Å². The molecule has 43 nitrogen and oxygen atoms in total. The number of benzene rings is 2. The lowest BCUT2D eigenvalue weighted by molar-refractivity contribution is -0.156. The molecule has 3 rings (SSSR count). The standard InChI is InChI=1S/C72H104N16O27/c1-6-7-8-9-10-11-12-19-53(92)79-44(25-22-39-20-23-40(114-5)24-21-39)65(106)83-45(29-52(75)91)67(108)85-48(32-59(101)102)68(109)88-61-38(4)115-72(113)49(28-51(90)41-16-13-14-17-42(41)74)86-71(112)60(36(2)27-56(95)96)87-69(110)50(35-89)81-55(94)33-76-63(104)46(30-57(97)98)82-62(103)37(3)78-66(107)47(31-58(99)100)84-64(105)43(18-15-26-73)80-54(93)34-77-70(61)111/h13-14,16-17,20-21,23-24,36-38,43-50,60-61,89H,6-12,15,18-19,22,25-35,73-74H2,1-5H3,(H2,75,91)(H,76,104)(H,77,111)(H,78,107)(H,79,92)(H,80,93)(H,81,94)(H,82,103)(H,83,106)(H,84,105)(H,85,108)(H,86,112)(H,87,110)(H,88,109)(H,95,96)(H,97,98)(H,99,100)(H,101,102)/t36-,37-,38-,43+,44+,45-,46+,47+,48+,49+,50-,60+,61+/m1/s1. The summed E-state index contributed by atoms with van der Waals surface area (Å²) in [6.07, 6.45) is -3.64. The number of unbranched alkanes of at least 4 members (excludes halogenated alkanes) is 6. The van der Waals surface area contributed by atoms with Gasteiger partial charge in [-0.3, -0.25) is 91.1 Å². The summed E-state index contributed by atoms with van der Waals surface area (Å²) in [5.74, 6) is -29.2. The number of aryl methyl sites for hydroxylation is 1. The first kappa shape index (κ1) is 96.8. The molecule has 0 bridgehead atoms. The number of ketones is 1. The molecular formula is C72H104N16O27. The van der Waals surface area contributed by atoms with Gasteiger partial charge in [-0.15, -0.1) is 0 Å². The van der Waals surface area contributed by atoms with Crippen LogP contribution < -0.4 is 91.1 Å². The molecule has 1 saturated heterocycles. The van der Waals surface area contributed by atoms with Crippen LogP contribution in [-0.2, 0) is 102 Å². The van der Waals surface area contributed by atoms with Crippen LogP contribution in [0.2, 0.25) is 0 Å². The number of carbonyl (C=O) groups excluding carboxylic acids is 16. The number of para-hydroxylation sites is 1. The second-order valence-corrected chi connectivity index (χ2v) is 27.1. The van der Waals surface area contributed by atoms with E-state index in [1.54, 1.807) is 24.3 Å². The number of aliphatic hydroxyl groups is 1. The maximum Gasteiger partial charge on any atom is 0.329 e. The van der Waals surface area contributed by atoms with Crippen LogP contribution >= 0.6 is 0 Å². The smallest absolute Gasteiger partial charge is 0.329 e. The molecule has 1 aliphatic rings. The number of carboxylic acid groups (broad SMARTS) is 4. The number of cyclic esters (lactones) is 1. The summed E-state index contributed by atoms with van der Waals surface area (Å²) in [7, 11) is 1.45. The van der Waals surface area contributed by atoms with Gasteiger partial charge in [0.15, 0.2) is 5.78 Å². The van der Waals surface area contributed by atoms with E-state index in [4.69, 9.17) is 26.7 Å². The Hall–Kier alpha value is -12.4. The van der Waals surface area contributed by atoms with Crippen LogP contribution in [0.25, 0.3) is 0 Å². The Balaban J connectivity index is 2.28. The highest BCUT2D eigenvalue weighted by Crippen LogP contribution is 2.19. The number of ether oxygens (including phenoxy) is 2. The normalized spacial score (nSPS) is 21.1. The number of nitrogens with two attached hydrogens (primary N) is 3. The van der Waals surface area contributed by atoms with Crippen molar-refractivity contribution in [3.8, 4) is 5.75 Å². The molecule has 0 unspecified atom stereocenters. The van der Waals surface area contributed by atoms with E-state index in [1.165, 1.54) is 31.4 Å². The molecule has 0 aromatic heterocycles. The fraction of sp³-hybridized carbons (Fsp3) is 0.556. The fourth-order valence-corrected chi connectivity index (χ4v) is 11.4. The van der Waals surface area contributed by atoms with Crippen molar-refractivity contribution in [2.75, 3.05) is 39.1 Å². The van der Waals surface area contributed by atoms with Crippen LogP contribution in [0.5, 0.6) is 5.75 Å². The third-order valence-corrected chi connectivity index (χ3v) is 17.6. The van der Waals surface area contributed by atoms with E-state index in [2.05, 4.69) is 60.1 Å². The number of anilines is 1. The molecule has 13 atom stereocenters. The van der Waals surface area contributed by atoms with Gasteiger partial charge in [0.1, 0.15) is 78.3 Å². The second kappa shape index (κ2) is 49.8. The molecule has 2 aromatic carbocycles. The van der Waals surface area contributed by atoms with Gasteiger partial charge >= 0.3 is 29.8 Å². The van der Waals surface area contributed by atoms with Gasteiger partial charge in [-0.2, -0.15) is 0 Å². The van der Waals surface area contributed by atoms with Gasteiger partial charge in [0.05, 0.1) is 58.9 Å². The zero-order valence-electron chi connectivity index (χ0n) is 64.1. The first-order valence-electron chi connectivity index (χ1n) is 36.9. The molecule has 2 aromatic rings. The number of rotatable bonds is 37. The molecule has 0 saturated carbocycles. The van der Waals surface area contributed by atoms with Crippen LogP contribution in [0.4, 0.5) is 5.69 Å². The Morgan fingerprint density at radius 2 is 1.09 bits per heavy atom. The summed E-state index contributed by atoms with van der Waals surface area (Å²) >= 11 is 0. The molecule has 0 spiro atoms. The summed E-state index contributed by atoms with van der Waals surface area (Å²) in [6, 6.07) is -10.7. The van der Waals surface area contributed by atoms with E-state index in [-0.39, 0.29) is 43.5 Å². The molecule has 0 aliphatic carbocycles. The number of Topliss-reactive ketones (excluding diaryl/α,β-unsaturated/α-hetero) is 1. The quantitative estimate of drug-likeness (QED) is 0.0130. The fourth-order valence-electron chi connectivity index (χ4n) is 11.4. The van der Waals surface area contributed by atoms with Crippen molar-refractivity contribution in [1.82, 2.24) is 69.1 Å². The van der Waals surface area contributed by atoms with Crippen LogP contribution in [0.3, 0.4) is 0 Å². The minimum atomic E-state index is -2.45. The number of methoxy groups -OCH3 is 1. The Morgan fingerprint density at radius 1 is 0.557 bits per heavy atom. The van der Waals surface area contributed by atoms with Gasteiger partial charge in [-0.1, -0.05) is 76.6 Å². The molecule has 1 heterocycles. The Labute approximate surface area is 659 Å². The van der Waals surface area contributed by atoms with Crippen molar-refractivity contribution >= 4 is 124 Å². The number of esters is 1. The van der Waals surface area contributed by atoms with Crippen molar-refractivity contribution in [1.29, 1.82) is 0 Å². The summed E-state index contributed by atoms with van der Waals surface area (Å²) in [5.41, 5.74) is 17.6. The number of nitrogen functional groups attached to an aromatic ring is 1. The van der Waals surface area contributed by atoms with Crippen molar-refractivity contribution < 1.29 is 131 Å². The monoisotopic (exact) mass is 1620 g/mol. The minimum absolute atomic E-state index is 0.0100. The number of nitrogens with one attached hydrogen (secondary N) is 13. The van der Waals surface area contributed by atoms with Crippen molar-refractivity contribution in [3.05, 3.63) is 59.7 Å². The van der Waals surface area contributed by atoms with Crippen molar-refractivity contribution in [2.24, 2.45) is 17.4 Å². The van der Waals surface area contributed by atoms with Gasteiger partial charge in [-0.05, 0) is 88.2 Å². The highest BCUT2D eigenvalue weighted by atomic mass is 16.5. The van der Waals surface area contributed by atoms with E-state index in [0.717, 1.165) is 52.9 Å².